The van der Waals surface area contributed by atoms with E-state index in [0.29, 0.717) is 12.5 Å². The second-order valence-corrected chi connectivity index (χ2v) is 8.09. The molecule has 0 N–H and O–H groups in total. The van der Waals surface area contributed by atoms with Crippen LogP contribution in [-0.2, 0) is 18.4 Å². The van der Waals surface area contributed by atoms with E-state index in [0.717, 1.165) is 56.2 Å². The molecule has 1 saturated carbocycles. The van der Waals surface area contributed by atoms with E-state index >= 15 is 0 Å². The Kier molecular flexibility index (Phi) is 5.27. The Balaban J connectivity index is 1.45. The van der Waals surface area contributed by atoms with Gasteiger partial charge in [-0.2, -0.15) is 0 Å². The molecule has 2 aromatic heterocycles. The van der Waals surface area contributed by atoms with Gasteiger partial charge in [0.25, 0.3) is 0 Å². The zero-order valence-corrected chi connectivity index (χ0v) is 16.5. The number of hydrogen-bond acceptors (Lipinski definition) is 4. The van der Waals surface area contributed by atoms with Gasteiger partial charge in [-0.05, 0) is 32.6 Å². The summed E-state index contributed by atoms with van der Waals surface area (Å²) in [4.78, 5) is 19.3. The predicted octanol–water partition coefficient (Wildman–Crippen LogP) is 2.65. The molecule has 2 aliphatic rings. The first-order chi connectivity index (χ1) is 13.1. The molecule has 1 aliphatic carbocycles. The summed E-state index contributed by atoms with van der Waals surface area (Å²) in [6.07, 6.45) is 11.7. The number of piperidine rings is 1. The van der Waals surface area contributed by atoms with Crippen LogP contribution in [0.2, 0.25) is 0 Å². The van der Waals surface area contributed by atoms with Crippen molar-refractivity contribution in [3.63, 3.8) is 0 Å². The Labute approximate surface area is 160 Å². The molecule has 7 nitrogen and oxygen atoms in total. The monoisotopic (exact) mass is 370 g/mol. The van der Waals surface area contributed by atoms with E-state index in [1.807, 2.05) is 26.4 Å². The molecule has 2 aromatic rings. The summed E-state index contributed by atoms with van der Waals surface area (Å²) < 4.78 is 4.19. The second-order valence-electron chi connectivity index (χ2n) is 8.09. The minimum absolute atomic E-state index is 0.247. The Hall–Kier alpha value is -2.18. The Morgan fingerprint density at radius 3 is 2.70 bits per heavy atom. The fourth-order valence-electron chi connectivity index (χ4n) is 4.59. The molecule has 0 radical (unpaired) electrons. The van der Waals surface area contributed by atoms with Crippen LogP contribution in [0.3, 0.4) is 0 Å². The van der Waals surface area contributed by atoms with E-state index in [9.17, 15) is 4.79 Å². The zero-order chi connectivity index (χ0) is 18.8. The molecule has 1 atom stereocenters. The summed E-state index contributed by atoms with van der Waals surface area (Å²) in [6.45, 7) is 4.34. The Morgan fingerprint density at radius 1 is 1.15 bits per heavy atom. The van der Waals surface area contributed by atoms with Gasteiger partial charge in [-0.15, -0.1) is 10.2 Å². The average Bonchev–Trinajstić information content (AvgIpc) is 3.28. The third-order valence-corrected chi connectivity index (χ3v) is 6.29. The number of rotatable bonds is 4. The second kappa shape index (κ2) is 7.82. The number of hydrogen-bond donors (Lipinski definition) is 0. The van der Waals surface area contributed by atoms with Crippen molar-refractivity contribution in [2.24, 2.45) is 13.0 Å². The van der Waals surface area contributed by atoms with Crippen LogP contribution in [0, 0.1) is 12.8 Å². The molecule has 0 bridgehead atoms. The van der Waals surface area contributed by atoms with E-state index in [1.165, 1.54) is 19.3 Å². The SMILES string of the molecule is Cc1nccn1Cc1nnc([C@@H]2CCCN(C(=O)C3CCCCC3)C2)n1C. The minimum atomic E-state index is 0.247. The molecule has 1 aliphatic heterocycles. The molecule has 0 aromatic carbocycles. The van der Waals surface area contributed by atoms with Crippen LogP contribution in [0.25, 0.3) is 0 Å². The van der Waals surface area contributed by atoms with Crippen molar-refractivity contribution in [3.8, 4) is 0 Å². The summed E-state index contributed by atoms with van der Waals surface area (Å²) in [5.41, 5.74) is 0. The van der Waals surface area contributed by atoms with Gasteiger partial charge in [0.1, 0.15) is 11.6 Å². The molecule has 27 heavy (non-hydrogen) atoms. The molecule has 4 rings (SSSR count). The van der Waals surface area contributed by atoms with E-state index in [-0.39, 0.29) is 11.8 Å². The van der Waals surface area contributed by atoms with Crippen molar-refractivity contribution in [3.05, 3.63) is 29.9 Å². The summed E-state index contributed by atoms with van der Waals surface area (Å²) in [5.74, 6) is 3.81. The molecule has 2 fully saturated rings. The first kappa shape index (κ1) is 18.2. The topological polar surface area (TPSA) is 68.8 Å². The van der Waals surface area contributed by atoms with Gasteiger partial charge >= 0.3 is 0 Å². The molecule has 0 unspecified atom stereocenters. The van der Waals surface area contributed by atoms with Crippen molar-refractivity contribution in [1.82, 2.24) is 29.2 Å². The molecule has 3 heterocycles. The number of likely N-dealkylation sites (tertiary alicyclic amines) is 1. The lowest BCUT2D eigenvalue weighted by atomic mass is 9.87. The number of aromatic nitrogens is 5. The fourth-order valence-corrected chi connectivity index (χ4v) is 4.59. The van der Waals surface area contributed by atoms with Gasteiger partial charge in [-0.1, -0.05) is 19.3 Å². The quantitative estimate of drug-likeness (QED) is 0.830. The molecular weight excluding hydrogens is 340 g/mol. The maximum atomic E-state index is 12.9. The minimum Gasteiger partial charge on any atom is -0.342 e. The lowest BCUT2D eigenvalue weighted by Crippen LogP contribution is -2.43. The van der Waals surface area contributed by atoms with Gasteiger partial charge < -0.3 is 14.0 Å². The number of amides is 1. The van der Waals surface area contributed by atoms with Crippen molar-refractivity contribution in [2.75, 3.05) is 13.1 Å². The largest absolute Gasteiger partial charge is 0.342 e. The van der Waals surface area contributed by atoms with Crippen LogP contribution >= 0.6 is 0 Å². The summed E-state index contributed by atoms with van der Waals surface area (Å²) >= 11 is 0. The van der Waals surface area contributed by atoms with Crippen molar-refractivity contribution >= 4 is 5.91 Å². The Bertz CT molecular complexity index is 788. The first-order valence-electron chi connectivity index (χ1n) is 10.3. The smallest absolute Gasteiger partial charge is 0.225 e. The Morgan fingerprint density at radius 2 is 1.96 bits per heavy atom. The van der Waals surface area contributed by atoms with Gasteiger partial charge in [0, 0.05) is 44.4 Å². The van der Waals surface area contributed by atoms with E-state index in [2.05, 4.69) is 29.2 Å². The number of carbonyl (C=O) groups is 1. The maximum absolute atomic E-state index is 12.9. The maximum Gasteiger partial charge on any atom is 0.225 e. The summed E-state index contributed by atoms with van der Waals surface area (Å²) in [5, 5.41) is 8.92. The standard InChI is InChI=1S/C20H30N6O/c1-15-21-10-12-25(15)14-18-22-23-19(24(18)2)17-9-6-11-26(13-17)20(27)16-7-4-3-5-8-16/h10,12,16-17H,3-9,11,13-14H2,1-2H3/t17-/m1/s1. The first-order valence-corrected chi connectivity index (χ1v) is 10.3. The molecular formula is C20H30N6O. The van der Waals surface area contributed by atoms with Gasteiger partial charge in [-0.25, -0.2) is 4.98 Å². The van der Waals surface area contributed by atoms with Gasteiger partial charge in [0.2, 0.25) is 5.91 Å². The highest BCUT2D eigenvalue weighted by Gasteiger charge is 2.32. The van der Waals surface area contributed by atoms with E-state index < -0.39 is 0 Å². The predicted molar refractivity (Wildman–Crippen MR) is 102 cm³/mol. The fraction of sp³-hybridized carbons (Fsp3) is 0.700. The lowest BCUT2D eigenvalue weighted by molar-refractivity contribution is -0.137. The highest BCUT2D eigenvalue weighted by molar-refractivity contribution is 5.79. The van der Waals surface area contributed by atoms with Crippen LogP contribution in [0.1, 0.15) is 68.3 Å². The third-order valence-electron chi connectivity index (χ3n) is 6.29. The van der Waals surface area contributed by atoms with Crippen LogP contribution in [0.4, 0.5) is 0 Å². The third kappa shape index (κ3) is 3.77. The normalized spacial score (nSPS) is 21.6. The van der Waals surface area contributed by atoms with Crippen LogP contribution in [0.5, 0.6) is 0 Å². The van der Waals surface area contributed by atoms with Gasteiger partial charge in [0.05, 0.1) is 6.54 Å². The number of carbonyl (C=O) groups excluding carboxylic acids is 1. The molecule has 1 saturated heterocycles. The molecule has 146 valence electrons. The van der Waals surface area contributed by atoms with E-state index in [1.54, 1.807) is 0 Å². The zero-order valence-electron chi connectivity index (χ0n) is 16.5. The molecule has 0 spiro atoms. The van der Waals surface area contributed by atoms with Crippen LogP contribution < -0.4 is 0 Å². The summed E-state index contributed by atoms with van der Waals surface area (Å²) in [7, 11) is 2.04. The molecule has 7 heteroatoms. The number of aryl methyl sites for hydroxylation is 1. The lowest BCUT2D eigenvalue weighted by Gasteiger charge is -2.35. The van der Waals surface area contributed by atoms with Crippen LogP contribution in [-0.4, -0.2) is 48.2 Å². The van der Waals surface area contributed by atoms with E-state index in [4.69, 9.17) is 0 Å². The highest BCUT2D eigenvalue weighted by atomic mass is 16.2. The number of nitrogens with zero attached hydrogens (tertiary/aromatic N) is 6. The number of imidazole rings is 1. The molecule has 1 amide bonds. The highest BCUT2D eigenvalue weighted by Crippen LogP contribution is 2.30. The van der Waals surface area contributed by atoms with Gasteiger partial charge in [0.15, 0.2) is 5.82 Å². The van der Waals surface area contributed by atoms with Gasteiger partial charge in [-0.3, -0.25) is 4.79 Å². The average molecular weight is 371 g/mol. The van der Waals surface area contributed by atoms with Crippen molar-refractivity contribution in [2.45, 2.75) is 64.3 Å². The summed E-state index contributed by atoms with van der Waals surface area (Å²) in [6, 6.07) is 0. The van der Waals surface area contributed by atoms with Crippen LogP contribution in [0.15, 0.2) is 12.4 Å². The van der Waals surface area contributed by atoms with Crippen molar-refractivity contribution < 1.29 is 4.79 Å². The van der Waals surface area contributed by atoms with Crippen molar-refractivity contribution in [1.29, 1.82) is 0 Å².